The number of unbranched alkanes of at least 4 members (excludes halogenated alkanes) is 1. The maximum atomic E-state index is 14.7. The maximum absolute atomic E-state index is 14.7. The SMILES string of the molecule is C.C[C@@H]1NC(=O)[C@@H]2CSSC[C@H](NC(=O)CN)C(=O)C[C@@H](CSSC[C@@H](C(N)=O)NC(=O)[C@H](CCCCC(=N)N)NC(=O)[C@H](Cc3cc4ccccc4[nH]3)CC1=O)C(=O)N[C@@H](CO)C(=O)N[C@@H](CC(=O)O)C(=O)N1CCCC1C(=O)N[C@@H](CCCN=C(N)N)C(=O)N2. The Labute approximate surface area is 546 Å². The number of aromatic amines is 1. The first-order valence-electron chi connectivity index (χ1n) is 29.3. The number of nitrogens with one attached hydrogen (secondary N) is 10. The van der Waals surface area contributed by atoms with Crippen LogP contribution in [0.25, 0.3) is 10.9 Å². The van der Waals surface area contributed by atoms with E-state index in [-0.39, 0.29) is 107 Å². The van der Waals surface area contributed by atoms with E-state index in [2.05, 4.69) is 52.5 Å². The Morgan fingerprint density at radius 3 is 2.01 bits per heavy atom. The van der Waals surface area contributed by atoms with Crippen molar-refractivity contribution in [1.82, 2.24) is 52.4 Å². The van der Waals surface area contributed by atoms with E-state index >= 15 is 0 Å². The number of nitrogens with two attached hydrogens (primary N) is 5. The zero-order chi connectivity index (χ0) is 66.9. The summed E-state index contributed by atoms with van der Waals surface area (Å²) in [4.78, 5) is 191. The standard InChI is InChI=1S/C55H81N17O15S4.CH4/c1-27-41(74)18-29(17-31-16-28-8-2-3-9-32(28)64-31)47(80)66-33(10-4-5-13-43(57)58)49(82)70-38(46(59)79)25-90-88-23-30-19-42(75)37(65-44(76)21-56)24-89-91-26-39(52(85)63-27)71-50(83)34(11-6-14-62-55(60)61)67-53(86)40-12-7-15-72(40)54(87)35(20-45(77)78)68-51(84)36(22-73)69-48(30)81;/h2-3,8-9,16,27,29-30,33-40,64,73H,4-7,10-15,17-26,56H2,1H3,(H3,57,58)(H2,59,79)(H,63,85)(H,65,76)(H,66,80)(H,67,86)(H,68,84)(H,69,81)(H,70,82)(H,71,83)(H,77,78)(H4,60,61,62);1H4/t27-,29+,30-,33-,34-,35-,36-,37-,38-,39-,40?;/m0./s1. The number of aliphatic hydroxyl groups excluding tert-OH is 1. The molecule has 3 aliphatic heterocycles. The number of aromatic nitrogens is 1. The zero-order valence-electron chi connectivity index (χ0n) is 50.0. The van der Waals surface area contributed by atoms with Gasteiger partial charge in [-0.15, -0.1) is 0 Å². The molecule has 2 aromatic rings. The molecule has 3 saturated heterocycles. The molecule has 5 rings (SSSR count). The highest BCUT2D eigenvalue weighted by Gasteiger charge is 2.42. The molecule has 22 N–H and O–H groups in total. The van der Waals surface area contributed by atoms with E-state index in [1.54, 1.807) is 18.2 Å². The van der Waals surface area contributed by atoms with Crippen molar-refractivity contribution >= 4 is 142 Å². The molecule has 0 aliphatic carbocycles. The second kappa shape index (κ2) is 38.4. The lowest BCUT2D eigenvalue weighted by Crippen LogP contribution is -2.60. The number of carboxylic acid groups (broad SMARTS) is 1. The number of amidine groups is 1. The number of aliphatic carboxylic acids is 1. The van der Waals surface area contributed by atoms with Gasteiger partial charge in [0.15, 0.2) is 17.5 Å². The van der Waals surface area contributed by atoms with Gasteiger partial charge < -0.3 is 91.3 Å². The zero-order valence-corrected chi connectivity index (χ0v) is 53.3. The number of carboxylic acids is 1. The largest absolute Gasteiger partial charge is 0.481 e. The third kappa shape index (κ3) is 24.4. The maximum Gasteiger partial charge on any atom is 0.305 e. The molecule has 2 bridgehead atoms. The Kier molecular flexibility index (Phi) is 32.0. The number of fused-ring (bicyclic) bond motifs is 10. The molecular formula is C56H85N17O15S4. The second-order valence-electron chi connectivity index (χ2n) is 22.0. The molecule has 1 aromatic heterocycles. The van der Waals surface area contributed by atoms with Gasteiger partial charge in [0, 0.05) is 66.6 Å². The average Bonchev–Trinajstić information content (AvgIpc) is 1.65. The molecule has 3 fully saturated rings. The van der Waals surface area contributed by atoms with Crippen LogP contribution in [0.3, 0.4) is 0 Å². The fourth-order valence-corrected chi connectivity index (χ4v) is 14.8. The molecule has 10 amide bonds. The van der Waals surface area contributed by atoms with Crippen LogP contribution in [0.15, 0.2) is 35.3 Å². The van der Waals surface area contributed by atoms with E-state index in [1.165, 1.54) is 6.92 Å². The van der Waals surface area contributed by atoms with E-state index in [0.717, 1.165) is 53.5 Å². The summed E-state index contributed by atoms with van der Waals surface area (Å²) in [5.74, 6) is -16.8. The van der Waals surface area contributed by atoms with Crippen LogP contribution in [0, 0.1) is 17.2 Å². The number of hydrogen-bond acceptors (Lipinski definition) is 21. The topological polar surface area (TPSA) is 544 Å². The van der Waals surface area contributed by atoms with Gasteiger partial charge in [-0.1, -0.05) is 75.2 Å². The number of ketones is 2. The summed E-state index contributed by atoms with van der Waals surface area (Å²) in [5, 5.41) is 49.4. The van der Waals surface area contributed by atoms with Crippen molar-refractivity contribution in [3.05, 3.63) is 36.0 Å². The van der Waals surface area contributed by atoms with Crippen molar-refractivity contribution in [3.63, 3.8) is 0 Å². The number of para-hydroxylation sites is 1. The van der Waals surface area contributed by atoms with Gasteiger partial charge in [0.25, 0.3) is 0 Å². The lowest BCUT2D eigenvalue weighted by molar-refractivity contribution is -0.146. The summed E-state index contributed by atoms with van der Waals surface area (Å²) in [6.45, 7) is -0.534. The van der Waals surface area contributed by atoms with Crippen LogP contribution in [0.4, 0.5) is 0 Å². The third-order valence-corrected chi connectivity index (χ3v) is 19.8. The van der Waals surface area contributed by atoms with E-state index in [4.69, 9.17) is 34.1 Å². The highest BCUT2D eigenvalue weighted by molar-refractivity contribution is 8.77. The Morgan fingerprint density at radius 2 is 1.35 bits per heavy atom. The molecule has 0 saturated carbocycles. The predicted octanol–water partition coefficient (Wildman–Crippen LogP) is -3.36. The number of guanidine groups is 1. The quantitative estimate of drug-likeness (QED) is 0.0318. The number of aliphatic imine (C=N–C) groups is 1. The number of hydrogen-bond donors (Lipinski definition) is 17. The number of benzene rings is 1. The van der Waals surface area contributed by atoms with E-state index < -0.39 is 175 Å². The first kappa shape index (κ1) is 76.8. The number of carbonyl (C=O) groups is 13. The van der Waals surface area contributed by atoms with Gasteiger partial charge in [0.2, 0.25) is 59.1 Å². The molecule has 3 aliphatic rings. The molecule has 36 heteroatoms. The number of aliphatic hydroxyl groups is 1. The van der Waals surface area contributed by atoms with Crippen LogP contribution in [-0.2, 0) is 68.7 Å². The molecule has 32 nitrogen and oxygen atoms in total. The monoisotopic (exact) mass is 1360 g/mol. The van der Waals surface area contributed by atoms with Crippen molar-refractivity contribution in [2.24, 2.45) is 45.5 Å². The van der Waals surface area contributed by atoms with E-state index in [0.29, 0.717) is 17.6 Å². The Morgan fingerprint density at radius 1 is 0.717 bits per heavy atom. The van der Waals surface area contributed by atoms with Crippen LogP contribution in [0.5, 0.6) is 0 Å². The number of Topliss-reactive ketones (excluding diaryl/α,β-unsaturated/α-hetero) is 2. The van der Waals surface area contributed by atoms with Crippen molar-refractivity contribution in [2.45, 2.75) is 146 Å². The van der Waals surface area contributed by atoms with Crippen molar-refractivity contribution in [3.8, 4) is 0 Å². The highest BCUT2D eigenvalue weighted by atomic mass is 33.1. The van der Waals surface area contributed by atoms with Crippen LogP contribution in [0.2, 0.25) is 0 Å². The fourth-order valence-electron chi connectivity index (χ4n) is 9.96. The molecule has 0 spiro atoms. The summed E-state index contributed by atoms with van der Waals surface area (Å²) in [7, 11) is 3.70. The Hall–Kier alpha value is -7.67. The summed E-state index contributed by atoms with van der Waals surface area (Å²) in [5.41, 5.74) is 29.4. The van der Waals surface area contributed by atoms with Crippen LogP contribution < -0.4 is 71.2 Å². The first-order chi connectivity index (χ1) is 43.3. The minimum absolute atomic E-state index is 0. The van der Waals surface area contributed by atoms with Gasteiger partial charge in [-0.2, -0.15) is 0 Å². The number of H-pyrrole nitrogens is 1. The second-order valence-corrected chi connectivity index (χ2v) is 27.1. The van der Waals surface area contributed by atoms with Crippen molar-refractivity contribution in [1.29, 1.82) is 5.41 Å². The van der Waals surface area contributed by atoms with Crippen LogP contribution in [-0.4, -0.2) is 212 Å². The van der Waals surface area contributed by atoms with Crippen molar-refractivity contribution < 1.29 is 72.5 Å². The minimum Gasteiger partial charge on any atom is -0.481 e. The number of primary amides is 1. The van der Waals surface area contributed by atoms with Gasteiger partial charge in [0.1, 0.15) is 42.3 Å². The predicted molar refractivity (Wildman–Crippen MR) is 349 cm³/mol. The normalized spacial score (nSPS) is 26.0. The van der Waals surface area contributed by atoms with E-state index in [1.807, 2.05) is 12.1 Å². The van der Waals surface area contributed by atoms with Crippen LogP contribution in [0.1, 0.15) is 90.7 Å². The van der Waals surface area contributed by atoms with Crippen LogP contribution >= 0.6 is 43.2 Å². The number of rotatable bonds is 17. The fraction of sp³-hybridized carbons (Fsp3) is 0.589. The number of amides is 10. The summed E-state index contributed by atoms with van der Waals surface area (Å²) >= 11 is 0. The Bertz CT molecular complexity index is 2990. The smallest absolute Gasteiger partial charge is 0.305 e. The Balaban J connectivity index is 0.0000180. The molecule has 11 atom stereocenters. The van der Waals surface area contributed by atoms with Gasteiger partial charge in [-0.25, -0.2) is 0 Å². The van der Waals surface area contributed by atoms with E-state index in [9.17, 15) is 72.5 Å². The molecule has 508 valence electrons. The first-order valence-corrected chi connectivity index (χ1v) is 34.3. The van der Waals surface area contributed by atoms with Gasteiger partial charge in [-0.3, -0.25) is 72.7 Å². The average molecular weight is 1360 g/mol. The van der Waals surface area contributed by atoms with Gasteiger partial charge in [0.05, 0.1) is 49.3 Å². The summed E-state index contributed by atoms with van der Waals surface area (Å²) < 4.78 is 0. The lowest BCUT2D eigenvalue weighted by atomic mass is 9.92. The van der Waals surface area contributed by atoms with Gasteiger partial charge >= 0.3 is 5.97 Å². The number of carbonyl (C=O) groups excluding carboxylic acids is 12. The third-order valence-electron chi connectivity index (χ3n) is 14.9. The molecule has 4 heterocycles. The molecule has 92 heavy (non-hydrogen) atoms. The molecule has 1 unspecified atom stereocenters. The minimum atomic E-state index is -1.90. The highest BCUT2D eigenvalue weighted by Crippen LogP contribution is 2.29. The molecule has 0 radical (unpaired) electrons. The van der Waals surface area contributed by atoms with Gasteiger partial charge in [-0.05, 0) is 69.4 Å². The lowest BCUT2D eigenvalue weighted by Gasteiger charge is -2.30. The summed E-state index contributed by atoms with van der Waals surface area (Å²) in [6, 6.07) is -4.79. The number of nitrogens with zero attached hydrogens (tertiary/aromatic N) is 2. The molecular weight excluding hydrogens is 1280 g/mol. The summed E-state index contributed by atoms with van der Waals surface area (Å²) in [6.07, 6.45) is -1.63. The van der Waals surface area contributed by atoms with Crippen molar-refractivity contribution in [2.75, 3.05) is 49.3 Å². The molecule has 1 aromatic carbocycles.